The van der Waals surface area contributed by atoms with Crippen molar-refractivity contribution in [2.24, 2.45) is 0 Å². The fourth-order valence-corrected chi connectivity index (χ4v) is 3.30. The van der Waals surface area contributed by atoms with Gasteiger partial charge >= 0.3 is 0 Å². The first-order valence-electron chi connectivity index (χ1n) is 9.10. The molecule has 1 aliphatic heterocycles. The molecular weight excluding hydrogens is 344 g/mol. The summed E-state index contributed by atoms with van der Waals surface area (Å²) in [6, 6.07) is 13.6. The van der Waals surface area contributed by atoms with Crippen molar-refractivity contribution in [3.05, 3.63) is 48.0 Å². The average molecular weight is 370 g/mol. The van der Waals surface area contributed by atoms with Crippen LogP contribution < -0.4 is 24.8 Å². The van der Waals surface area contributed by atoms with Crippen molar-refractivity contribution in [2.75, 3.05) is 26.1 Å². The summed E-state index contributed by atoms with van der Waals surface area (Å²) in [5, 5.41) is 6.46. The van der Waals surface area contributed by atoms with E-state index >= 15 is 0 Å². The minimum absolute atomic E-state index is 0.0189. The van der Waals surface area contributed by atoms with E-state index in [1.165, 1.54) is 0 Å². The SMILES string of the molecule is COc1ccc(NC(=O)CC(C)NC2CCOc3ccccc32)c(OC)c1. The van der Waals surface area contributed by atoms with Crippen molar-refractivity contribution >= 4 is 11.6 Å². The lowest BCUT2D eigenvalue weighted by atomic mass is 9.99. The van der Waals surface area contributed by atoms with Crippen molar-refractivity contribution in [1.82, 2.24) is 5.32 Å². The Labute approximate surface area is 159 Å². The second-order valence-corrected chi connectivity index (χ2v) is 6.61. The molecule has 0 saturated carbocycles. The molecule has 0 aliphatic carbocycles. The molecule has 6 heteroatoms. The Kier molecular flexibility index (Phi) is 6.19. The Bertz CT molecular complexity index is 794. The molecule has 2 aromatic carbocycles. The van der Waals surface area contributed by atoms with Gasteiger partial charge in [0.2, 0.25) is 5.91 Å². The predicted octanol–water partition coefficient (Wildman–Crippen LogP) is 3.53. The first kappa shape index (κ1) is 19.0. The standard InChI is InChI=1S/C21H26N2O4/c1-14(22-17-10-11-27-19-7-5-4-6-16(17)19)12-21(24)23-18-9-8-15(25-2)13-20(18)26-3/h4-9,13-14,17,22H,10-12H2,1-3H3,(H,23,24). The lowest BCUT2D eigenvalue weighted by molar-refractivity contribution is -0.116. The second kappa shape index (κ2) is 8.77. The number of hydrogen-bond acceptors (Lipinski definition) is 5. The van der Waals surface area contributed by atoms with Crippen LogP contribution >= 0.6 is 0 Å². The molecule has 1 heterocycles. The summed E-state index contributed by atoms with van der Waals surface area (Å²) in [6.45, 7) is 2.69. The Morgan fingerprint density at radius 2 is 2.04 bits per heavy atom. The van der Waals surface area contributed by atoms with Gasteiger partial charge in [-0.15, -0.1) is 0 Å². The van der Waals surface area contributed by atoms with E-state index in [0.29, 0.717) is 30.2 Å². The minimum Gasteiger partial charge on any atom is -0.497 e. The summed E-state index contributed by atoms with van der Waals surface area (Å²) in [5.41, 5.74) is 1.78. The van der Waals surface area contributed by atoms with Crippen molar-refractivity contribution in [3.63, 3.8) is 0 Å². The van der Waals surface area contributed by atoms with Gasteiger partial charge in [0.25, 0.3) is 0 Å². The number of amides is 1. The Balaban J connectivity index is 1.59. The van der Waals surface area contributed by atoms with Gasteiger partial charge in [-0.3, -0.25) is 4.79 Å². The highest BCUT2D eigenvalue weighted by Crippen LogP contribution is 2.32. The van der Waals surface area contributed by atoms with E-state index in [4.69, 9.17) is 14.2 Å². The quantitative estimate of drug-likeness (QED) is 0.780. The Hall–Kier alpha value is -2.73. The number of nitrogens with one attached hydrogen (secondary N) is 2. The molecule has 0 fully saturated rings. The number of benzene rings is 2. The maximum Gasteiger partial charge on any atom is 0.226 e. The zero-order chi connectivity index (χ0) is 19.2. The van der Waals surface area contributed by atoms with Gasteiger partial charge in [0.15, 0.2) is 0 Å². The maximum atomic E-state index is 12.5. The third-order valence-corrected chi connectivity index (χ3v) is 4.62. The van der Waals surface area contributed by atoms with Gasteiger partial charge in [0.1, 0.15) is 17.2 Å². The molecule has 1 amide bonds. The number of para-hydroxylation sites is 1. The lowest BCUT2D eigenvalue weighted by Crippen LogP contribution is -2.36. The summed E-state index contributed by atoms with van der Waals surface area (Å²) >= 11 is 0. The summed E-state index contributed by atoms with van der Waals surface area (Å²) in [5.74, 6) is 2.10. The second-order valence-electron chi connectivity index (χ2n) is 6.61. The van der Waals surface area contributed by atoms with E-state index in [1.54, 1.807) is 32.4 Å². The number of anilines is 1. The van der Waals surface area contributed by atoms with Crippen molar-refractivity contribution in [2.45, 2.75) is 31.8 Å². The fraction of sp³-hybridized carbons (Fsp3) is 0.381. The molecule has 1 aliphatic rings. The molecule has 0 bridgehead atoms. The van der Waals surface area contributed by atoms with Gasteiger partial charge in [-0.25, -0.2) is 0 Å². The van der Waals surface area contributed by atoms with Crippen LogP contribution in [0.25, 0.3) is 0 Å². The first-order valence-corrected chi connectivity index (χ1v) is 9.10. The summed E-state index contributed by atoms with van der Waals surface area (Å²) in [6.07, 6.45) is 1.24. The zero-order valence-corrected chi connectivity index (χ0v) is 16.0. The van der Waals surface area contributed by atoms with Crippen LogP contribution in [-0.4, -0.2) is 32.8 Å². The Morgan fingerprint density at radius 3 is 2.81 bits per heavy atom. The third-order valence-electron chi connectivity index (χ3n) is 4.62. The molecule has 0 radical (unpaired) electrons. The summed E-state index contributed by atoms with van der Waals surface area (Å²) < 4.78 is 16.2. The molecule has 0 spiro atoms. The van der Waals surface area contributed by atoms with Crippen LogP contribution in [0.15, 0.2) is 42.5 Å². The number of carbonyl (C=O) groups excluding carboxylic acids is 1. The van der Waals surface area contributed by atoms with Crippen molar-refractivity contribution in [1.29, 1.82) is 0 Å². The van der Waals surface area contributed by atoms with Crippen LogP contribution in [-0.2, 0) is 4.79 Å². The molecule has 0 saturated heterocycles. The highest BCUT2D eigenvalue weighted by Gasteiger charge is 2.23. The molecule has 3 rings (SSSR count). The van der Waals surface area contributed by atoms with Crippen LogP contribution in [0.5, 0.6) is 17.2 Å². The molecule has 2 aromatic rings. The highest BCUT2D eigenvalue weighted by atomic mass is 16.5. The number of fused-ring (bicyclic) bond motifs is 1. The molecule has 0 aromatic heterocycles. The predicted molar refractivity (Wildman–Crippen MR) is 105 cm³/mol. The highest BCUT2D eigenvalue weighted by molar-refractivity contribution is 5.92. The number of carbonyl (C=O) groups is 1. The number of ether oxygens (including phenoxy) is 3. The van der Waals surface area contributed by atoms with E-state index in [-0.39, 0.29) is 18.0 Å². The van der Waals surface area contributed by atoms with E-state index in [2.05, 4.69) is 16.7 Å². The van der Waals surface area contributed by atoms with Crippen molar-refractivity contribution in [3.8, 4) is 17.2 Å². The minimum atomic E-state index is -0.0705. The molecular formula is C21H26N2O4. The van der Waals surface area contributed by atoms with Crippen LogP contribution in [0.4, 0.5) is 5.69 Å². The van der Waals surface area contributed by atoms with Crippen molar-refractivity contribution < 1.29 is 19.0 Å². The van der Waals surface area contributed by atoms with Gasteiger partial charge in [-0.2, -0.15) is 0 Å². The smallest absolute Gasteiger partial charge is 0.226 e. The largest absolute Gasteiger partial charge is 0.497 e. The van der Waals surface area contributed by atoms with Gasteiger partial charge in [0.05, 0.1) is 26.5 Å². The number of hydrogen-bond donors (Lipinski definition) is 2. The summed E-state index contributed by atoms with van der Waals surface area (Å²) in [4.78, 5) is 12.5. The lowest BCUT2D eigenvalue weighted by Gasteiger charge is -2.29. The van der Waals surface area contributed by atoms with E-state index in [0.717, 1.165) is 17.7 Å². The Morgan fingerprint density at radius 1 is 1.22 bits per heavy atom. The molecule has 2 N–H and O–H groups in total. The van der Waals surface area contributed by atoms with Crippen LogP contribution in [0.2, 0.25) is 0 Å². The average Bonchev–Trinajstić information content (AvgIpc) is 2.68. The van der Waals surface area contributed by atoms with Crippen LogP contribution in [0.1, 0.15) is 31.4 Å². The molecule has 6 nitrogen and oxygen atoms in total. The molecule has 2 unspecified atom stereocenters. The monoisotopic (exact) mass is 370 g/mol. The zero-order valence-electron chi connectivity index (χ0n) is 16.0. The van der Waals surface area contributed by atoms with Gasteiger partial charge in [-0.1, -0.05) is 18.2 Å². The summed E-state index contributed by atoms with van der Waals surface area (Å²) in [7, 11) is 3.16. The molecule has 144 valence electrons. The van der Waals surface area contributed by atoms with Gasteiger partial charge in [0, 0.05) is 36.6 Å². The maximum absolute atomic E-state index is 12.5. The molecule has 27 heavy (non-hydrogen) atoms. The van der Waals surface area contributed by atoms with E-state index in [9.17, 15) is 4.79 Å². The van der Waals surface area contributed by atoms with E-state index < -0.39 is 0 Å². The number of methoxy groups -OCH3 is 2. The van der Waals surface area contributed by atoms with Crippen LogP contribution in [0.3, 0.4) is 0 Å². The van der Waals surface area contributed by atoms with Crippen LogP contribution in [0, 0.1) is 0 Å². The topological polar surface area (TPSA) is 68.8 Å². The van der Waals surface area contributed by atoms with Gasteiger partial charge in [-0.05, 0) is 25.1 Å². The van der Waals surface area contributed by atoms with Gasteiger partial charge < -0.3 is 24.8 Å². The number of rotatable bonds is 7. The fourth-order valence-electron chi connectivity index (χ4n) is 3.30. The first-order chi connectivity index (χ1) is 13.1. The van der Waals surface area contributed by atoms with E-state index in [1.807, 2.05) is 25.1 Å². The normalized spacial score (nSPS) is 16.6. The molecule has 2 atom stereocenters. The third kappa shape index (κ3) is 4.71.